The molecule has 9 heteroatoms. The van der Waals surface area contributed by atoms with Crippen LogP contribution in [-0.4, -0.2) is 23.9 Å². The number of hydrogen-bond donors (Lipinski definition) is 0. The van der Waals surface area contributed by atoms with Crippen molar-refractivity contribution >= 4 is 17.3 Å². The van der Waals surface area contributed by atoms with E-state index in [-0.39, 0.29) is 16.3 Å². The molecular formula is C18H14F7NO. The van der Waals surface area contributed by atoms with E-state index in [1.54, 1.807) is 26.0 Å². The largest absolute Gasteiger partial charge is 0.460 e. The number of amides is 1. The van der Waals surface area contributed by atoms with E-state index in [9.17, 15) is 35.5 Å². The van der Waals surface area contributed by atoms with Crippen molar-refractivity contribution in [1.29, 1.82) is 0 Å². The molecule has 0 fully saturated rings. The van der Waals surface area contributed by atoms with Gasteiger partial charge in [0.1, 0.15) is 0 Å². The van der Waals surface area contributed by atoms with Crippen molar-refractivity contribution in [3.05, 3.63) is 59.7 Å². The SMILES string of the molecule is Cc1cccc(N(C(=O)C(F)(F)C(F)(F)C(F)(F)F)c2cccc(C)c2)c1. The third-order valence-electron chi connectivity index (χ3n) is 3.74. The van der Waals surface area contributed by atoms with Gasteiger partial charge in [0, 0.05) is 11.4 Å². The van der Waals surface area contributed by atoms with Crippen LogP contribution in [0.25, 0.3) is 0 Å². The molecule has 146 valence electrons. The Hall–Kier alpha value is -2.58. The van der Waals surface area contributed by atoms with Crippen molar-refractivity contribution in [3.63, 3.8) is 0 Å². The number of anilines is 2. The summed E-state index contributed by atoms with van der Waals surface area (Å²) in [7, 11) is 0. The molecule has 27 heavy (non-hydrogen) atoms. The summed E-state index contributed by atoms with van der Waals surface area (Å²) < 4.78 is 92.3. The number of hydrogen-bond acceptors (Lipinski definition) is 1. The van der Waals surface area contributed by atoms with Crippen LogP contribution in [0.2, 0.25) is 0 Å². The molecule has 0 saturated carbocycles. The van der Waals surface area contributed by atoms with E-state index < -0.39 is 23.9 Å². The third kappa shape index (κ3) is 3.77. The van der Waals surface area contributed by atoms with E-state index in [1.165, 1.54) is 24.3 Å². The number of alkyl halides is 7. The second kappa shape index (κ2) is 6.86. The summed E-state index contributed by atoms with van der Waals surface area (Å²) in [4.78, 5) is 12.4. The minimum atomic E-state index is -6.60. The maximum Gasteiger partial charge on any atom is 0.460 e. The molecule has 0 N–H and O–H groups in total. The molecule has 0 radical (unpaired) electrons. The lowest BCUT2D eigenvalue weighted by molar-refractivity contribution is -0.343. The Balaban J connectivity index is 2.65. The second-order valence-corrected chi connectivity index (χ2v) is 5.97. The molecule has 0 aliphatic heterocycles. The highest BCUT2D eigenvalue weighted by Crippen LogP contribution is 2.48. The number of nitrogens with zero attached hydrogens (tertiary/aromatic N) is 1. The van der Waals surface area contributed by atoms with Crippen molar-refractivity contribution in [1.82, 2.24) is 0 Å². The van der Waals surface area contributed by atoms with E-state index in [1.807, 2.05) is 0 Å². The summed E-state index contributed by atoms with van der Waals surface area (Å²) in [5, 5.41) is 0. The van der Waals surface area contributed by atoms with Gasteiger partial charge in [0.2, 0.25) is 0 Å². The van der Waals surface area contributed by atoms with E-state index >= 15 is 0 Å². The minimum absolute atomic E-state index is 0.166. The molecule has 0 unspecified atom stereocenters. The van der Waals surface area contributed by atoms with Crippen LogP contribution in [0.4, 0.5) is 42.1 Å². The van der Waals surface area contributed by atoms with Crippen LogP contribution in [0.5, 0.6) is 0 Å². The maximum atomic E-state index is 14.1. The molecule has 0 saturated heterocycles. The smallest absolute Gasteiger partial charge is 0.276 e. The molecule has 0 aliphatic rings. The van der Waals surface area contributed by atoms with Crippen molar-refractivity contribution in [2.24, 2.45) is 0 Å². The quantitative estimate of drug-likeness (QED) is 0.601. The Morgan fingerprint density at radius 2 is 1.19 bits per heavy atom. The van der Waals surface area contributed by atoms with Gasteiger partial charge in [-0.2, -0.15) is 30.7 Å². The first-order valence-corrected chi connectivity index (χ1v) is 7.59. The first-order valence-electron chi connectivity index (χ1n) is 7.59. The fraction of sp³-hybridized carbons (Fsp3) is 0.278. The van der Waals surface area contributed by atoms with E-state index in [0.29, 0.717) is 11.1 Å². The van der Waals surface area contributed by atoms with Gasteiger partial charge in [-0.15, -0.1) is 0 Å². The number of rotatable bonds is 4. The van der Waals surface area contributed by atoms with Gasteiger partial charge in [-0.1, -0.05) is 24.3 Å². The van der Waals surface area contributed by atoms with Crippen molar-refractivity contribution < 1.29 is 35.5 Å². The van der Waals surface area contributed by atoms with Gasteiger partial charge in [0.25, 0.3) is 0 Å². The lowest BCUT2D eigenvalue weighted by atomic mass is 10.1. The zero-order valence-electron chi connectivity index (χ0n) is 14.1. The van der Waals surface area contributed by atoms with Crippen molar-refractivity contribution in [2.45, 2.75) is 31.9 Å². The number of benzene rings is 2. The van der Waals surface area contributed by atoms with Crippen LogP contribution in [-0.2, 0) is 4.79 Å². The fourth-order valence-corrected chi connectivity index (χ4v) is 2.37. The highest BCUT2D eigenvalue weighted by atomic mass is 19.4. The van der Waals surface area contributed by atoms with Gasteiger partial charge >= 0.3 is 23.9 Å². The highest BCUT2D eigenvalue weighted by Gasteiger charge is 2.77. The molecule has 0 heterocycles. The number of halogens is 7. The van der Waals surface area contributed by atoms with Crippen LogP contribution in [0.15, 0.2) is 48.5 Å². The molecule has 0 spiro atoms. The Morgan fingerprint density at radius 1 is 0.778 bits per heavy atom. The lowest BCUT2D eigenvalue weighted by Crippen LogP contribution is -2.59. The zero-order valence-corrected chi connectivity index (χ0v) is 14.1. The average molecular weight is 393 g/mol. The Labute approximate surface area is 150 Å². The maximum absolute atomic E-state index is 14.1. The molecule has 2 nitrogen and oxygen atoms in total. The molecule has 1 amide bonds. The molecule has 0 aliphatic carbocycles. The molecular weight excluding hydrogens is 379 g/mol. The standard InChI is InChI=1S/C18H14F7NO/c1-11-5-3-7-13(9-11)26(14-8-4-6-12(2)10-14)15(27)16(19,20)17(21,22)18(23,24)25/h3-10H,1-2H3. The third-order valence-corrected chi connectivity index (χ3v) is 3.74. The van der Waals surface area contributed by atoms with Gasteiger partial charge in [0.05, 0.1) is 0 Å². The average Bonchev–Trinajstić information content (AvgIpc) is 2.54. The van der Waals surface area contributed by atoms with Crippen LogP contribution in [0.1, 0.15) is 11.1 Å². The molecule has 2 aromatic carbocycles. The van der Waals surface area contributed by atoms with Crippen molar-refractivity contribution in [3.8, 4) is 0 Å². The van der Waals surface area contributed by atoms with Crippen LogP contribution < -0.4 is 4.90 Å². The highest BCUT2D eigenvalue weighted by molar-refractivity contribution is 6.05. The first-order chi connectivity index (χ1) is 12.3. The lowest BCUT2D eigenvalue weighted by Gasteiger charge is -2.32. The molecule has 2 aromatic rings. The van der Waals surface area contributed by atoms with E-state index in [4.69, 9.17) is 0 Å². The summed E-state index contributed by atoms with van der Waals surface area (Å²) in [6.45, 7) is 3.09. The molecule has 2 rings (SSSR count). The Kier molecular flexibility index (Phi) is 5.27. The van der Waals surface area contributed by atoms with Gasteiger partial charge in [-0.05, 0) is 49.2 Å². The van der Waals surface area contributed by atoms with Crippen molar-refractivity contribution in [2.75, 3.05) is 4.90 Å². The first kappa shape index (κ1) is 20.7. The number of aryl methyl sites for hydroxylation is 2. The minimum Gasteiger partial charge on any atom is -0.276 e. The zero-order chi connectivity index (χ0) is 20.6. The summed E-state index contributed by atoms with van der Waals surface area (Å²) >= 11 is 0. The molecule has 0 atom stereocenters. The Bertz CT molecular complexity index is 800. The summed E-state index contributed by atoms with van der Waals surface area (Å²) in [6, 6.07) is 10.6. The predicted molar refractivity (Wildman–Crippen MR) is 85.5 cm³/mol. The number of carbonyl (C=O) groups is 1. The van der Waals surface area contributed by atoms with E-state index in [0.717, 1.165) is 12.1 Å². The topological polar surface area (TPSA) is 20.3 Å². The fourth-order valence-electron chi connectivity index (χ4n) is 2.37. The second-order valence-electron chi connectivity index (χ2n) is 5.97. The van der Waals surface area contributed by atoms with E-state index in [2.05, 4.69) is 0 Å². The number of carbonyl (C=O) groups excluding carboxylic acids is 1. The summed E-state index contributed by atoms with van der Waals surface area (Å²) in [6.07, 6.45) is -6.60. The van der Waals surface area contributed by atoms with Gasteiger partial charge in [-0.3, -0.25) is 9.69 Å². The van der Waals surface area contributed by atoms with Crippen LogP contribution in [0.3, 0.4) is 0 Å². The van der Waals surface area contributed by atoms with Crippen LogP contribution >= 0.6 is 0 Å². The van der Waals surface area contributed by atoms with Gasteiger partial charge < -0.3 is 0 Å². The predicted octanol–water partition coefficient (Wildman–Crippen LogP) is 5.80. The summed E-state index contributed by atoms with van der Waals surface area (Å²) in [5.74, 6) is -15.2. The van der Waals surface area contributed by atoms with Gasteiger partial charge in [-0.25, -0.2) is 0 Å². The molecule has 0 aromatic heterocycles. The summed E-state index contributed by atoms with van der Waals surface area (Å²) in [5.41, 5.74) is 0.458. The van der Waals surface area contributed by atoms with Gasteiger partial charge in [0.15, 0.2) is 0 Å². The van der Waals surface area contributed by atoms with Crippen LogP contribution in [0, 0.1) is 13.8 Å². The normalized spacial score (nSPS) is 12.8. The Morgan fingerprint density at radius 3 is 1.52 bits per heavy atom. The molecule has 0 bridgehead atoms. The monoisotopic (exact) mass is 393 g/mol.